The number of fused-ring (bicyclic) bond motifs is 1. The highest BCUT2D eigenvalue weighted by Gasteiger charge is 2.29. The average molecular weight is 252 g/mol. The molecule has 0 radical (unpaired) electrons. The van der Waals surface area contributed by atoms with Crippen LogP contribution in [-0.2, 0) is 10.0 Å². The summed E-state index contributed by atoms with van der Waals surface area (Å²) in [6.07, 6.45) is 3.12. The number of rotatable bonds is 2. The lowest BCUT2D eigenvalue weighted by molar-refractivity contribution is 0.476. The number of hydrogen-bond acceptors (Lipinski definition) is 4. The Morgan fingerprint density at radius 3 is 2.76 bits per heavy atom. The summed E-state index contributed by atoms with van der Waals surface area (Å²) in [6.45, 7) is 1.18. The van der Waals surface area contributed by atoms with Crippen LogP contribution in [0.5, 0.6) is 0 Å². The van der Waals surface area contributed by atoms with Crippen molar-refractivity contribution in [3.05, 3.63) is 24.6 Å². The molecule has 1 saturated heterocycles. The Bertz CT molecular complexity index is 642. The van der Waals surface area contributed by atoms with Crippen molar-refractivity contribution in [2.75, 3.05) is 13.1 Å². The van der Waals surface area contributed by atoms with Crippen LogP contribution in [0, 0.1) is 0 Å². The van der Waals surface area contributed by atoms with Gasteiger partial charge in [0.2, 0.25) is 10.0 Å². The minimum atomic E-state index is -3.44. The fraction of sp³-hybridized carbons (Fsp3) is 0.364. The molecule has 17 heavy (non-hydrogen) atoms. The van der Waals surface area contributed by atoms with E-state index in [9.17, 15) is 8.42 Å². The first-order chi connectivity index (χ1) is 8.19. The van der Waals surface area contributed by atoms with E-state index < -0.39 is 10.0 Å². The minimum absolute atomic E-state index is 0.217. The molecule has 6 heteroatoms. The van der Waals surface area contributed by atoms with Crippen LogP contribution in [0.3, 0.4) is 0 Å². The maximum Gasteiger partial charge on any atom is 0.246 e. The van der Waals surface area contributed by atoms with E-state index in [1.54, 1.807) is 18.2 Å². The van der Waals surface area contributed by atoms with Crippen molar-refractivity contribution in [3.8, 4) is 0 Å². The van der Waals surface area contributed by atoms with E-state index >= 15 is 0 Å². The van der Waals surface area contributed by atoms with Gasteiger partial charge < -0.3 is 4.42 Å². The van der Waals surface area contributed by atoms with E-state index in [1.807, 2.05) is 0 Å². The molecule has 3 rings (SSSR count). The van der Waals surface area contributed by atoms with E-state index in [2.05, 4.69) is 4.98 Å². The average Bonchev–Trinajstić information content (AvgIpc) is 2.99. The molecular formula is C11H12N2O3S. The quantitative estimate of drug-likeness (QED) is 0.814. The monoisotopic (exact) mass is 252 g/mol. The molecule has 0 saturated carbocycles. The maximum absolute atomic E-state index is 12.4. The second-order valence-electron chi connectivity index (χ2n) is 4.07. The molecule has 5 nitrogen and oxygen atoms in total. The molecule has 2 heterocycles. The Morgan fingerprint density at radius 2 is 2.00 bits per heavy atom. The highest BCUT2D eigenvalue weighted by molar-refractivity contribution is 7.89. The number of hydrogen-bond donors (Lipinski definition) is 0. The van der Waals surface area contributed by atoms with Crippen LogP contribution in [0.25, 0.3) is 11.1 Å². The zero-order valence-corrected chi connectivity index (χ0v) is 9.98. The summed E-state index contributed by atoms with van der Waals surface area (Å²) in [5.74, 6) is 0. The van der Waals surface area contributed by atoms with Crippen molar-refractivity contribution in [1.29, 1.82) is 0 Å². The number of aromatic nitrogens is 1. The topological polar surface area (TPSA) is 63.4 Å². The molecule has 1 aromatic carbocycles. The van der Waals surface area contributed by atoms with Gasteiger partial charge in [-0.05, 0) is 25.0 Å². The Balaban J connectivity index is 2.17. The standard InChI is InChI=1S/C11H12N2O3S/c14-17(15,13-6-1-2-7-13)10-5-3-4-9-11(10)16-8-12-9/h3-5,8H,1-2,6-7H2. The first-order valence-electron chi connectivity index (χ1n) is 5.52. The number of nitrogens with zero attached hydrogens (tertiary/aromatic N) is 2. The summed E-state index contributed by atoms with van der Waals surface area (Å²) >= 11 is 0. The summed E-state index contributed by atoms with van der Waals surface area (Å²) < 4.78 is 31.5. The molecule has 1 aliphatic rings. The van der Waals surface area contributed by atoms with E-state index in [1.165, 1.54) is 10.7 Å². The van der Waals surface area contributed by atoms with Gasteiger partial charge in [0.1, 0.15) is 10.4 Å². The zero-order chi connectivity index (χ0) is 11.9. The van der Waals surface area contributed by atoms with Crippen LogP contribution in [0.4, 0.5) is 0 Å². The molecule has 1 aliphatic heterocycles. The van der Waals surface area contributed by atoms with Crippen molar-refractivity contribution < 1.29 is 12.8 Å². The van der Waals surface area contributed by atoms with Gasteiger partial charge in [-0.3, -0.25) is 0 Å². The number of oxazole rings is 1. The fourth-order valence-corrected chi connectivity index (χ4v) is 3.79. The summed E-state index contributed by atoms with van der Waals surface area (Å²) in [6, 6.07) is 5.00. The lowest BCUT2D eigenvalue weighted by Gasteiger charge is -2.15. The van der Waals surface area contributed by atoms with Gasteiger partial charge in [-0.1, -0.05) is 6.07 Å². The fourth-order valence-electron chi connectivity index (χ4n) is 2.13. The van der Waals surface area contributed by atoms with Gasteiger partial charge in [0, 0.05) is 13.1 Å². The number of benzene rings is 1. The van der Waals surface area contributed by atoms with Crippen LogP contribution in [0.2, 0.25) is 0 Å². The van der Waals surface area contributed by atoms with Crippen LogP contribution in [-0.4, -0.2) is 30.8 Å². The number of para-hydroxylation sites is 1. The van der Waals surface area contributed by atoms with Crippen LogP contribution in [0.15, 0.2) is 33.9 Å². The molecule has 0 atom stereocenters. The predicted octanol–water partition coefficient (Wildman–Crippen LogP) is 1.61. The zero-order valence-electron chi connectivity index (χ0n) is 9.17. The van der Waals surface area contributed by atoms with E-state index in [4.69, 9.17) is 4.42 Å². The molecule has 2 aromatic rings. The van der Waals surface area contributed by atoms with Gasteiger partial charge in [-0.15, -0.1) is 0 Å². The Morgan fingerprint density at radius 1 is 1.24 bits per heavy atom. The van der Waals surface area contributed by atoms with E-state index in [-0.39, 0.29) is 4.90 Å². The molecule has 0 bridgehead atoms. The summed E-state index contributed by atoms with van der Waals surface area (Å²) in [4.78, 5) is 4.19. The smallest absolute Gasteiger partial charge is 0.246 e. The van der Waals surface area contributed by atoms with Crippen molar-refractivity contribution in [3.63, 3.8) is 0 Å². The molecule has 0 N–H and O–H groups in total. The maximum atomic E-state index is 12.4. The molecule has 1 aromatic heterocycles. The van der Waals surface area contributed by atoms with Crippen molar-refractivity contribution in [2.24, 2.45) is 0 Å². The third-order valence-corrected chi connectivity index (χ3v) is 4.93. The summed E-state index contributed by atoms with van der Waals surface area (Å²) in [5, 5.41) is 0. The Kier molecular flexibility index (Phi) is 2.41. The third-order valence-electron chi connectivity index (χ3n) is 3.00. The second kappa shape index (κ2) is 3.82. The number of sulfonamides is 1. The molecule has 0 amide bonds. The van der Waals surface area contributed by atoms with Gasteiger partial charge in [-0.2, -0.15) is 4.31 Å². The third kappa shape index (κ3) is 1.64. The van der Waals surface area contributed by atoms with Crippen molar-refractivity contribution >= 4 is 21.1 Å². The van der Waals surface area contributed by atoms with Crippen molar-refractivity contribution in [1.82, 2.24) is 9.29 Å². The summed E-state index contributed by atoms with van der Waals surface area (Å²) in [7, 11) is -3.44. The van der Waals surface area contributed by atoms with Gasteiger partial charge in [-0.25, -0.2) is 13.4 Å². The molecule has 0 unspecified atom stereocenters. The molecule has 1 fully saturated rings. The molecular weight excluding hydrogens is 240 g/mol. The first kappa shape index (κ1) is 10.7. The minimum Gasteiger partial charge on any atom is -0.442 e. The van der Waals surface area contributed by atoms with E-state index in [0.29, 0.717) is 24.2 Å². The first-order valence-corrected chi connectivity index (χ1v) is 6.96. The highest BCUT2D eigenvalue weighted by atomic mass is 32.2. The largest absolute Gasteiger partial charge is 0.442 e. The van der Waals surface area contributed by atoms with Crippen molar-refractivity contribution in [2.45, 2.75) is 17.7 Å². The van der Waals surface area contributed by atoms with Gasteiger partial charge in [0.25, 0.3) is 0 Å². The normalized spacial score (nSPS) is 17.9. The predicted molar refractivity (Wildman–Crippen MR) is 62.0 cm³/mol. The van der Waals surface area contributed by atoms with Gasteiger partial charge in [0.15, 0.2) is 12.0 Å². The van der Waals surface area contributed by atoms with Gasteiger partial charge in [0.05, 0.1) is 0 Å². The molecule has 0 spiro atoms. The lowest BCUT2D eigenvalue weighted by Crippen LogP contribution is -2.27. The van der Waals surface area contributed by atoms with Crippen LogP contribution in [0.1, 0.15) is 12.8 Å². The lowest BCUT2D eigenvalue weighted by atomic mass is 10.3. The van der Waals surface area contributed by atoms with Crippen LogP contribution >= 0.6 is 0 Å². The summed E-state index contributed by atoms with van der Waals surface area (Å²) in [5.41, 5.74) is 0.921. The van der Waals surface area contributed by atoms with E-state index in [0.717, 1.165) is 12.8 Å². The molecule has 0 aliphatic carbocycles. The Labute approximate surface area is 99.1 Å². The SMILES string of the molecule is O=S(=O)(c1cccc2ncoc12)N1CCCC1. The highest BCUT2D eigenvalue weighted by Crippen LogP contribution is 2.27. The second-order valence-corrected chi connectivity index (χ2v) is 5.97. The Hall–Kier alpha value is -1.40. The molecule has 90 valence electrons. The van der Waals surface area contributed by atoms with Gasteiger partial charge >= 0.3 is 0 Å². The van der Waals surface area contributed by atoms with Crippen LogP contribution < -0.4 is 0 Å².